The SMILES string of the molecule is COc1ccccc1OCC(=O)NCCOc1cccc2ccccc12. The van der Waals surface area contributed by atoms with Crippen molar-refractivity contribution in [1.29, 1.82) is 0 Å². The fourth-order valence-electron chi connectivity index (χ4n) is 2.61. The average Bonchev–Trinajstić information content (AvgIpc) is 2.70. The predicted octanol–water partition coefficient (Wildman–Crippen LogP) is 3.42. The van der Waals surface area contributed by atoms with Gasteiger partial charge >= 0.3 is 0 Å². The molecule has 0 aliphatic carbocycles. The van der Waals surface area contributed by atoms with Crippen molar-refractivity contribution in [2.24, 2.45) is 0 Å². The third kappa shape index (κ3) is 4.45. The Bertz CT molecular complexity index is 873. The molecule has 0 aliphatic rings. The van der Waals surface area contributed by atoms with Crippen LogP contribution in [0.1, 0.15) is 0 Å². The highest BCUT2D eigenvalue weighted by molar-refractivity contribution is 5.88. The van der Waals surface area contributed by atoms with Gasteiger partial charge in [-0.25, -0.2) is 0 Å². The Kier molecular flexibility index (Phi) is 5.93. The molecule has 0 fully saturated rings. The fourth-order valence-corrected chi connectivity index (χ4v) is 2.61. The summed E-state index contributed by atoms with van der Waals surface area (Å²) in [5.74, 6) is 1.73. The van der Waals surface area contributed by atoms with Crippen molar-refractivity contribution in [3.63, 3.8) is 0 Å². The van der Waals surface area contributed by atoms with Gasteiger partial charge in [-0.2, -0.15) is 0 Å². The molecule has 134 valence electrons. The molecule has 0 saturated carbocycles. The van der Waals surface area contributed by atoms with Crippen LogP contribution in [-0.2, 0) is 4.79 Å². The van der Waals surface area contributed by atoms with Gasteiger partial charge in [0, 0.05) is 5.39 Å². The van der Waals surface area contributed by atoms with E-state index in [0.717, 1.165) is 16.5 Å². The van der Waals surface area contributed by atoms with Crippen LogP contribution in [0.3, 0.4) is 0 Å². The molecule has 0 unspecified atom stereocenters. The largest absolute Gasteiger partial charge is 0.493 e. The van der Waals surface area contributed by atoms with Gasteiger partial charge in [-0.1, -0.05) is 48.5 Å². The van der Waals surface area contributed by atoms with Crippen LogP contribution < -0.4 is 19.5 Å². The number of carbonyl (C=O) groups is 1. The second kappa shape index (κ2) is 8.76. The number of ether oxygens (including phenoxy) is 3. The molecule has 0 spiro atoms. The van der Waals surface area contributed by atoms with Crippen molar-refractivity contribution in [3.8, 4) is 17.2 Å². The molecule has 0 aromatic heterocycles. The smallest absolute Gasteiger partial charge is 0.258 e. The number of nitrogens with one attached hydrogen (secondary N) is 1. The van der Waals surface area contributed by atoms with Crippen molar-refractivity contribution in [2.45, 2.75) is 0 Å². The third-order valence-electron chi connectivity index (χ3n) is 3.86. The lowest BCUT2D eigenvalue weighted by molar-refractivity contribution is -0.123. The molecule has 3 aromatic carbocycles. The molecular weight excluding hydrogens is 330 g/mol. The summed E-state index contributed by atoms with van der Waals surface area (Å²) in [6.07, 6.45) is 0. The molecule has 0 atom stereocenters. The summed E-state index contributed by atoms with van der Waals surface area (Å²) in [5.41, 5.74) is 0. The van der Waals surface area contributed by atoms with Gasteiger partial charge in [-0.05, 0) is 23.6 Å². The van der Waals surface area contributed by atoms with Crippen LogP contribution in [-0.4, -0.2) is 32.8 Å². The Hall–Kier alpha value is -3.21. The molecular formula is C21H21NO4. The molecule has 0 bridgehead atoms. The van der Waals surface area contributed by atoms with Crippen LogP contribution in [0.15, 0.2) is 66.7 Å². The number of rotatable bonds is 8. The third-order valence-corrected chi connectivity index (χ3v) is 3.86. The average molecular weight is 351 g/mol. The van der Waals surface area contributed by atoms with Crippen LogP contribution in [0.4, 0.5) is 0 Å². The standard InChI is InChI=1S/C21H21NO4/c1-24-19-10-4-5-11-20(19)26-15-21(23)22-13-14-25-18-12-6-8-16-7-2-3-9-17(16)18/h2-12H,13-15H2,1H3,(H,22,23). The highest BCUT2D eigenvalue weighted by Gasteiger charge is 2.07. The molecule has 5 heteroatoms. The molecule has 1 N–H and O–H groups in total. The van der Waals surface area contributed by atoms with Crippen LogP contribution in [0.25, 0.3) is 10.8 Å². The van der Waals surface area contributed by atoms with Crippen molar-refractivity contribution >= 4 is 16.7 Å². The summed E-state index contributed by atoms with van der Waals surface area (Å²) >= 11 is 0. The summed E-state index contributed by atoms with van der Waals surface area (Å²) in [5, 5.41) is 4.96. The Morgan fingerprint density at radius 2 is 1.54 bits per heavy atom. The van der Waals surface area contributed by atoms with E-state index in [9.17, 15) is 4.79 Å². The van der Waals surface area contributed by atoms with E-state index in [1.54, 1.807) is 19.2 Å². The van der Waals surface area contributed by atoms with E-state index >= 15 is 0 Å². The van der Waals surface area contributed by atoms with Gasteiger partial charge in [0.15, 0.2) is 18.1 Å². The molecule has 26 heavy (non-hydrogen) atoms. The highest BCUT2D eigenvalue weighted by Crippen LogP contribution is 2.26. The van der Waals surface area contributed by atoms with E-state index in [0.29, 0.717) is 24.7 Å². The van der Waals surface area contributed by atoms with Gasteiger partial charge in [0.2, 0.25) is 0 Å². The molecule has 0 saturated heterocycles. The summed E-state index contributed by atoms with van der Waals surface area (Å²) in [6.45, 7) is 0.709. The van der Waals surface area contributed by atoms with Crippen molar-refractivity contribution in [3.05, 3.63) is 66.7 Å². The van der Waals surface area contributed by atoms with Gasteiger partial charge in [-0.15, -0.1) is 0 Å². The maximum absolute atomic E-state index is 11.9. The Morgan fingerprint density at radius 3 is 2.38 bits per heavy atom. The number of hydrogen-bond donors (Lipinski definition) is 1. The molecule has 3 aromatic rings. The highest BCUT2D eigenvalue weighted by atomic mass is 16.5. The van der Waals surface area contributed by atoms with E-state index < -0.39 is 0 Å². The minimum atomic E-state index is -0.211. The zero-order valence-corrected chi connectivity index (χ0v) is 14.6. The van der Waals surface area contributed by atoms with Crippen LogP contribution >= 0.6 is 0 Å². The Balaban J connectivity index is 1.44. The molecule has 1 amide bonds. The summed E-state index contributed by atoms with van der Waals surface area (Å²) in [6, 6.07) is 21.2. The van der Waals surface area contributed by atoms with Gasteiger partial charge in [-0.3, -0.25) is 4.79 Å². The number of fused-ring (bicyclic) bond motifs is 1. The van der Waals surface area contributed by atoms with E-state index in [1.165, 1.54) is 0 Å². The summed E-state index contributed by atoms with van der Waals surface area (Å²) in [7, 11) is 1.56. The lowest BCUT2D eigenvalue weighted by Gasteiger charge is -2.12. The molecule has 0 aliphatic heterocycles. The van der Waals surface area contributed by atoms with Gasteiger partial charge < -0.3 is 19.5 Å². The minimum absolute atomic E-state index is 0.0748. The van der Waals surface area contributed by atoms with Gasteiger partial charge in [0.05, 0.1) is 13.7 Å². The number of para-hydroxylation sites is 2. The zero-order chi connectivity index (χ0) is 18.2. The molecule has 0 radical (unpaired) electrons. The lowest BCUT2D eigenvalue weighted by atomic mass is 10.1. The Morgan fingerprint density at radius 1 is 0.846 bits per heavy atom. The predicted molar refractivity (Wildman–Crippen MR) is 101 cm³/mol. The zero-order valence-electron chi connectivity index (χ0n) is 14.6. The first kappa shape index (κ1) is 17.6. The van der Waals surface area contributed by atoms with E-state index in [1.807, 2.05) is 54.6 Å². The fraction of sp³-hybridized carbons (Fsp3) is 0.190. The molecule has 3 rings (SSSR count). The first-order chi connectivity index (χ1) is 12.8. The lowest BCUT2D eigenvalue weighted by Crippen LogP contribution is -2.32. The minimum Gasteiger partial charge on any atom is -0.493 e. The van der Waals surface area contributed by atoms with E-state index in [-0.39, 0.29) is 12.5 Å². The van der Waals surface area contributed by atoms with E-state index in [2.05, 4.69) is 5.32 Å². The normalized spacial score (nSPS) is 10.3. The molecule has 5 nitrogen and oxygen atoms in total. The van der Waals surface area contributed by atoms with Crippen LogP contribution in [0.2, 0.25) is 0 Å². The number of methoxy groups -OCH3 is 1. The van der Waals surface area contributed by atoms with Crippen molar-refractivity contribution in [1.82, 2.24) is 5.32 Å². The second-order valence-corrected chi connectivity index (χ2v) is 5.62. The van der Waals surface area contributed by atoms with Gasteiger partial charge in [0.25, 0.3) is 5.91 Å². The first-order valence-corrected chi connectivity index (χ1v) is 8.41. The monoisotopic (exact) mass is 351 g/mol. The van der Waals surface area contributed by atoms with Crippen molar-refractivity contribution in [2.75, 3.05) is 26.9 Å². The van der Waals surface area contributed by atoms with Crippen LogP contribution in [0, 0.1) is 0 Å². The van der Waals surface area contributed by atoms with E-state index in [4.69, 9.17) is 14.2 Å². The summed E-state index contributed by atoms with van der Waals surface area (Å²) < 4.78 is 16.5. The number of hydrogen-bond acceptors (Lipinski definition) is 4. The van der Waals surface area contributed by atoms with Crippen LogP contribution in [0.5, 0.6) is 17.2 Å². The topological polar surface area (TPSA) is 56.8 Å². The maximum Gasteiger partial charge on any atom is 0.258 e. The maximum atomic E-state index is 11.9. The number of benzene rings is 3. The molecule has 0 heterocycles. The van der Waals surface area contributed by atoms with Gasteiger partial charge in [0.1, 0.15) is 12.4 Å². The second-order valence-electron chi connectivity index (χ2n) is 5.62. The Labute approximate surface area is 152 Å². The van der Waals surface area contributed by atoms with Crippen molar-refractivity contribution < 1.29 is 19.0 Å². The number of carbonyl (C=O) groups excluding carboxylic acids is 1. The summed E-state index contributed by atoms with van der Waals surface area (Å²) in [4.78, 5) is 11.9. The number of amides is 1. The first-order valence-electron chi connectivity index (χ1n) is 8.41. The quantitative estimate of drug-likeness (QED) is 0.632.